The van der Waals surface area contributed by atoms with E-state index in [1.165, 1.54) is 0 Å². The summed E-state index contributed by atoms with van der Waals surface area (Å²) in [7, 11) is 0. The molecule has 90 valence electrons. The van der Waals surface area contributed by atoms with Crippen LogP contribution in [0.15, 0.2) is 18.2 Å². The van der Waals surface area contributed by atoms with Crippen molar-refractivity contribution >= 4 is 11.9 Å². The smallest absolute Gasteiger partial charge is 0.347 e. The van der Waals surface area contributed by atoms with E-state index in [0.717, 1.165) is 11.1 Å². The minimum Gasteiger partial charge on any atom is -0.463 e. The third-order valence-electron chi connectivity index (χ3n) is 2.77. The lowest BCUT2D eigenvalue weighted by Crippen LogP contribution is -2.36. The molecule has 1 aromatic carbocycles. The summed E-state index contributed by atoms with van der Waals surface area (Å²) in [4.78, 5) is 23.3. The number of ether oxygens (including phenoxy) is 2. The topological polar surface area (TPSA) is 52.6 Å². The molecule has 0 aliphatic carbocycles. The van der Waals surface area contributed by atoms with E-state index < -0.39 is 18.0 Å². The van der Waals surface area contributed by atoms with Gasteiger partial charge in [0, 0.05) is 6.42 Å². The molecule has 0 amide bonds. The van der Waals surface area contributed by atoms with E-state index in [0.29, 0.717) is 12.0 Å². The summed E-state index contributed by atoms with van der Waals surface area (Å²) in [5.74, 6) is -0.921. The van der Waals surface area contributed by atoms with Gasteiger partial charge in [-0.15, -0.1) is 0 Å². The Labute approximate surface area is 99.5 Å². The van der Waals surface area contributed by atoms with Crippen molar-refractivity contribution in [2.75, 3.05) is 6.61 Å². The third-order valence-corrected chi connectivity index (χ3v) is 2.77. The number of aryl methyl sites for hydroxylation is 1. The number of hydrogen-bond donors (Lipinski definition) is 0. The highest BCUT2D eigenvalue weighted by Crippen LogP contribution is 2.24. The average molecular weight is 234 g/mol. The Morgan fingerprint density at radius 1 is 1.53 bits per heavy atom. The zero-order chi connectivity index (χ0) is 12.4. The van der Waals surface area contributed by atoms with Gasteiger partial charge in [0.15, 0.2) is 0 Å². The Morgan fingerprint density at radius 2 is 2.29 bits per heavy atom. The highest BCUT2D eigenvalue weighted by atomic mass is 16.6. The fourth-order valence-corrected chi connectivity index (χ4v) is 1.99. The first-order chi connectivity index (χ1) is 8.13. The summed E-state index contributed by atoms with van der Waals surface area (Å²) in [6.45, 7) is 3.86. The van der Waals surface area contributed by atoms with E-state index >= 15 is 0 Å². The predicted molar refractivity (Wildman–Crippen MR) is 60.7 cm³/mol. The molecule has 0 spiro atoms. The number of esters is 2. The summed E-state index contributed by atoms with van der Waals surface area (Å²) in [6, 6.07) is 5.56. The van der Waals surface area contributed by atoms with Crippen LogP contribution in [0.1, 0.15) is 28.4 Å². The van der Waals surface area contributed by atoms with Gasteiger partial charge in [-0.05, 0) is 25.0 Å². The normalized spacial score (nSPS) is 18.2. The van der Waals surface area contributed by atoms with Gasteiger partial charge in [0.05, 0.1) is 12.2 Å². The molecule has 1 heterocycles. The molecule has 0 saturated heterocycles. The molecule has 1 aromatic rings. The molecule has 0 saturated carbocycles. The fourth-order valence-electron chi connectivity index (χ4n) is 1.99. The second-order valence-electron chi connectivity index (χ2n) is 3.96. The largest absolute Gasteiger partial charge is 0.463 e. The standard InChI is InChI=1S/C13H14O4/c1-3-16-12(14)10-7-9-6-4-5-8(2)11(9)13(15)17-10/h4-6,10H,3,7H2,1-2H3. The van der Waals surface area contributed by atoms with Crippen molar-refractivity contribution in [1.82, 2.24) is 0 Å². The molecule has 0 N–H and O–H groups in total. The molecule has 1 atom stereocenters. The lowest BCUT2D eigenvalue weighted by molar-refractivity contribution is -0.153. The monoisotopic (exact) mass is 234 g/mol. The van der Waals surface area contributed by atoms with Crippen molar-refractivity contribution in [3.05, 3.63) is 34.9 Å². The van der Waals surface area contributed by atoms with Gasteiger partial charge in [-0.1, -0.05) is 18.2 Å². The van der Waals surface area contributed by atoms with Crippen molar-refractivity contribution in [3.63, 3.8) is 0 Å². The summed E-state index contributed by atoms with van der Waals surface area (Å²) in [5, 5.41) is 0. The van der Waals surface area contributed by atoms with Crippen LogP contribution in [0.2, 0.25) is 0 Å². The molecule has 0 fully saturated rings. The number of rotatable bonds is 2. The van der Waals surface area contributed by atoms with Crippen molar-refractivity contribution in [2.24, 2.45) is 0 Å². The molecule has 0 radical (unpaired) electrons. The second kappa shape index (κ2) is 4.57. The van der Waals surface area contributed by atoms with Crippen LogP contribution in [-0.2, 0) is 20.7 Å². The Bertz CT molecular complexity index is 464. The van der Waals surface area contributed by atoms with E-state index in [1.54, 1.807) is 6.92 Å². The second-order valence-corrected chi connectivity index (χ2v) is 3.96. The van der Waals surface area contributed by atoms with E-state index in [-0.39, 0.29) is 6.61 Å². The van der Waals surface area contributed by atoms with Crippen LogP contribution in [0.3, 0.4) is 0 Å². The maximum atomic E-state index is 11.8. The molecule has 1 unspecified atom stereocenters. The maximum absolute atomic E-state index is 11.8. The number of fused-ring (bicyclic) bond motifs is 1. The minimum absolute atomic E-state index is 0.285. The quantitative estimate of drug-likeness (QED) is 0.730. The summed E-state index contributed by atoms with van der Waals surface area (Å²) in [6.07, 6.45) is -0.418. The molecule has 4 nitrogen and oxygen atoms in total. The Balaban J connectivity index is 2.28. The SMILES string of the molecule is CCOC(=O)C1Cc2cccc(C)c2C(=O)O1. The Kier molecular flexibility index (Phi) is 3.13. The van der Waals surface area contributed by atoms with Crippen LogP contribution in [0.5, 0.6) is 0 Å². The fraction of sp³-hybridized carbons (Fsp3) is 0.385. The van der Waals surface area contributed by atoms with Gasteiger partial charge < -0.3 is 9.47 Å². The highest BCUT2D eigenvalue weighted by molar-refractivity contribution is 5.96. The predicted octanol–water partition coefficient (Wildman–Crippen LogP) is 1.64. The van der Waals surface area contributed by atoms with Gasteiger partial charge in [-0.2, -0.15) is 0 Å². The molecule has 0 bridgehead atoms. The molecule has 4 heteroatoms. The van der Waals surface area contributed by atoms with Gasteiger partial charge in [0.1, 0.15) is 0 Å². The molecule has 2 rings (SSSR count). The number of carbonyl (C=O) groups is 2. The van der Waals surface area contributed by atoms with Crippen molar-refractivity contribution in [1.29, 1.82) is 0 Å². The number of hydrogen-bond acceptors (Lipinski definition) is 4. The van der Waals surface area contributed by atoms with Crippen LogP contribution in [-0.4, -0.2) is 24.6 Å². The Morgan fingerprint density at radius 3 is 3.00 bits per heavy atom. The minimum atomic E-state index is -0.809. The lowest BCUT2D eigenvalue weighted by atomic mass is 9.95. The average Bonchev–Trinajstić information content (AvgIpc) is 2.29. The van der Waals surface area contributed by atoms with Gasteiger partial charge in [-0.25, -0.2) is 9.59 Å². The van der Waals surface area contributed by atoms with Crippen molar-refractivity contribution in [2.45, 2.75) is 26.4 Å². The van der Waals surface area contributed by atoms with E-state index in [4.69, 9.17) is 9.47 Å². The summed E-state index contributed by atoms with van der Waals surface area (Å²) >= 11 is 0. The molecule has 1 aliphatic rings. The molecular weight excluding hydrogens is 220 g/mol. The zero-order valence-electron chi connectivity index (χ0n) is 9.86. The van der Waals surface area contributed by atoms with E-state index in [9.17, 15) is 9.59 Å². The first kappa shape index (κ1) is 11.6. The zero-order valence-corrected chi connectivity index (χ0v) is 9.86. The molecule has 17 heavy (non-hydrogen) atoms. The molecule has 0 aromatic heterocycles. The van der Waals surface area contributed by atoms with Crippen LogP contribution in [0.25, 0.3) is 0 Å². The van der Waals surface area contributed by atoms with Crippen molar-refractivity contribution in [3.8, 4) is 0 Å². The molecule has 1 aliphatic heterocycles. The van der Waals surface area contributed by atoms with Crippen LogP contribution >= 0.6 is 0 Å². The van der Waals surface area contributed by atoms with Crippen molar-refractivity contribution < 1.29 is 19.1 Å². The van der Waals surface area contributed by atoms with E-state index in [2.05, 4.69) is 0 Å². The van der Waals surface area contributed by atoms with Crippen LogP contribution < -0.4 is 0 Å². The first-order valence-electron chi connectivity index (χ1n) is 5.59. The third kappa shape index (κ3) is 2.16. The van der Waals surface area contributed by atoms with Crippen LogP contribution in [0.4, 0.5) is 0 Å². The van der Waals surface area contributed by atoms with Crippen LogP contribution in [0, 0.1) is 6.92 Å². The van der Waals surface area contributed by atoms with Gasteiger partial charge in [0.2, 0.25) is 6.10 Å². The molecular formula is C13H14O4. The number of cyclic esters (lactones) is 1. The number of carbonyl (C=O) groups excluding carboxylic acids is 2. The summed E-state index contributed by atoms with van der Waals surface area (Å²) < 4.78 is 9.95. The van der Waals surface area contributed by atoms with E-state index in [1.807, 2.05) is 25.1 Å². The van der Waals surface area contributed by atoms with Gasteiger partial charge >= 0.3 is 11.9 Å². The number of benzene rings is 1. The first-order valence-corrected chi connectivity index (χ1v) is 5.59. The summed E-state index contributed by atoms with van der Waals surface area (Å²) in [5.41, 5.74) is 2.29. The maximum Gasteiger partial charge on any atom is 0.347 e. The Hall–Kier alpha value is -1.84. The lowest BCUT2D eigenvalue weighted by Gasteiger charge is -2.24. The van der Waals surface area contributed by atoms with Gasteiger partial charge in [0.25, 0.3) is 0 Å². The highest BCUT2D eigenvalue weighted by Gasteiger charge is 2.32. The van der Waals surface area contributed by atoms with Gasteiger partial charge in [-0.3, -0.25) is 0 Å².